The number of alkyl halides is 2. The molecular formula is C32H36F3N7O2. The molecule has 3 aromatic rings. The normalized spacial score (nSPS) is 25.2. The first-order valence-corrected chi connectivity index (χ1v) is 15.3. The van der Waals surface area contributed by atoms with E-state index in [1.165, 1.54) is 29.1 Å². The lowest BCUT2D eigenvalue weighted by Crippen LogP contribution is -2.40. The molecule has 1 aromatic carbocycles. The number of hydrogen-bond acceptors (Lipinski definition) is 7. The second kappa shape index (κ2) is 11.5. The monoisotopic (exact) mass is 607 g/mol. The first-order valence-electron chi connectivity index (χ1n) is 15.3. The fourth-order valence-electron chi connectivity index (χ4n) is 6.58. The van der Waals surface area contributed by atoms with Crippen molar-refractivity contribution in [3.63, 3.8) is 0 Å². The van der Waals surface area contributed by atoms with Crippen molar-refractivity contribution < 1.29 is 18.0 Å². The number of anilines is 1. The van der Waals surface area contributed by atoms with Crippen LogP contribution in [0.5, 0.6) is 0 Å². The number of rotatable bonds is 1. The van der Waals surface area contributed by atoms with Crippen LogP contribution in [-0.2, 0) is 22.7 Å². The fraction of sp³-hybridized carbons (Fsp3) is 0.531. The number of hydrogen-bond donors (Lipinski definition) is 1. The maximum atomic E-state index is 15.9. The molecule has 1 aliphatic carbocycles. The molecule has 7 rings (SSSR count). The van der Waals surface area contributed by atoms with Crippen molar-refractivity contribution in [1.82, 2.24) is 24.3 Å². The van der Waals surface area contributed by atoms with Crippen molar-refractivity contribution >= 4 is 22.8 Å². The third kappa shape index (κ3) is 5.31. The summed E-state index contributed by atoms with van der Waals surface area (Å²) in [6.07, 6.45) is 4.26. The van der Waals surface area contributed by atoms with E-state index < -0.39 is 40.2 Å². The van der Waals surface area contributed by atoms with Crippen molar-refractivity contribution in [1.29, 1.82) is 5.26 Å². The lowest BCUT2D eigenvalue weighted by atomic mass is 9.85. The van der Waals surface area contributed by atoms with Gasteiger partial charge in [0.05, 0.1) is 28.5 Å². The number of fused-ring (bicyclic) bond motifs is 9. The van der Waals surface area contributed by atoms with E-state index in [1.807, 2.05) is 0 Å². The predicted octanol–water partition coefficient (Wildman–Crippen LogP) is 4.71. The molecule has 2 fully saturated rings. The highest BCUT2D eigenvalue weighted by Crippen LogP contribution is 2.47. The number of likely N-dealkylation sites (N-methyl/N-ethyl adjacent to an activating group) is 1. The van der Waals surface area contributed by atoms with Gasteiger partial charge in [-0.1, -0.05) is 18.2 Å². The van der Waals surface area contributed by atoms with E-state index in [1.54, 1.807) is 24.9 Å². The van der Waals surface area contributed by atoms with Gasteiger partial charge >= 0.3 is 0 Å². The Morgan fingerprint density at radius 3 is 2.48 bits per heavy atom. The highest BCUT2D eigenvalue weighted by atomic mass is 19.3. The Bertz CT molecular complexity index is 1690. The van der Waals surface area contributed by atoms with Gasteiger partial charge in [-0.2, -0.15) is 5.26 Å². The summed E-state index contributed by atoms with van der Waals surface area (Å²) in [6, 6.07) is 7.14. The molecule has 9 nitrogen and oxygen atoms in total. The molecule has 2 aromatic heterocycles. The quantitative estimate of drug-likeness (QED) is 0.427. The maximum absolute atomic E-state index is 15.9. The summed E-state index contributed by atoms with van der Waals surface area (Å²) >= 11 is 0. The average molecular weight is 608 g/mol. The van der Waals surface area contributed by atoms with Gasteiger partial charge in [0.25, 0.3) is 11.5 Å². The van der Waals surface area contributed by atoms with Gasteiger partial charge in [-0.15, -0.1) is 0 Å². The van der Waals surface area contributed by atoms with Crippen molar-refractivity contribution in [2.24, 2.45) is 5.92 Å². The minimum absolute atomic E-state index is 0.0540. The zero-order valence-electron chi connectivity index (χ0n) is 25.0. The first-order chi connectivity index (χ1) is 21.1. The van der Waals surface area contributed by atoms with Gasteiger partial charge in [-0.05, 0) is 71.1 Å². The van der Waals surface area contributed by atoms with Gasteiger partial charge in [0.1, 0.15) is 30.2 Å². The number of nitriles is 1. The molecule has 1 N–H and O–H groups in total. The largest absolute Gasteiger partial charge is 0.363 e. The zero-order valence-corrected chi connectivity index (χ0v) is 25.0. The zero-order chi connectivity index (χ0) is 31.2. The van der Waals surface area contributed by atoms with E-state index in [0.29, 0.717) is 44.3 Å². The number of nitrogens with one attached hydrogen (secondary N) is 1. The van der Waals surface area contributed by atoms with Gasteiger partial charge in [0.15, 0.2) is 0 Å². The fourth-order valence-corrected chi connectivity index (χ4v) is 6.58. The Morgan fingerprint density at radius 2 is 1.77 bits per heavy atom. The molecule has 3 aliphatic heterocycles. The molecule has 5 heterocycles. The van der Waals surface area contributed by atoms with Crippen LogP contribution in [0, 0.1) is 23.1 Å². The molecule has 1 saturated heterocycles. The third-order valence-electron chi connectivity index (χ3n) is 9.61. The van der Waals surface area contributed by atoms with Crippen LogP contribution < -0.4 is 10.9 Å². The number of aromatic nitrogens is 3. The number of benzene rings is 1. The molecule has 4 aliphatic rings. The number of nitrogens with zero attached hydrogens (tertiary/aromatic N) is 6. The minimum Gasteiger partial charge on any atom is -0.363 e. The molecule has 232 valence electrons. The number of piperidine rings is 1. The number of carbonyl (C=O) groups excluding carboxylic acids is 1. The lowest BCUT2D eigenvalue weighted by Gasteiger charge is -2.36. The Labute approximate surface area is 253 Å². The molecule has 12 heteroatoms. The molecule has 0 radical (unpaired) electrons. The van der Waals surface area contributed by atoms with Crippen LogP contribution in [0.4, 0.5) is 19.0 Å². The topological polar surface area (TPSA) is 107 Å². The molecule has 0 spiro atoms. The van der Waals surface area contributed by atoms with Crippen LogP contribution in [0.15, 0.2) is 35.4 Å². The molecule has 8 bridgehead atoms. The van der Waals surface area contributed by atoms with Gasteiger partial charge < -0.3 is 15.1 Å². The Hall–Kier alpha value is -3.98. The first kappa shape index (κ1) is 30.1. The van der Waals surface area contributed by atoms with Crippen LogP contribution in [-0.4, -0.2) is 63.5 Å². The van der Waals surface area contributed by atoms with Crippen LogP contribution >= 0.6 is 0 Å². The number of amides is 1. The summed E-state index contributed by atoms with van der Waals surface area (Å²) < 4.78 is 48.9. The van der Waals surface area contributed by atoms with E-state index in [0.717, 1.165) is 13.0 Å². The molecule has 1 atom stereocenters. The van der Waals surface area contributed by atoms with Crippen LogP contribution in [0.3, 0.4) is 0 Å². The van der Waals surface area contributed by atoms with E-state index in [2.05, 4.69) is 26.3 Å². The lowest BCUT2D eigenvalue weighted by molar-refractivity contribution is -0.130. The second-order valence-corrected chi connectivity index (χ2v) is 12.4. The standard InChI is InChI=1S/C32H36F3N7O2/c1-20-22-6-5-7-24(27(22)33)32(34,35)21-8-14-41(15-9-21)13-4-3-12-40(2)26(43)17-42-29-23(28(39-20)37-19-38-29)16-25(30(42)44)31(18-36)10-11-31/h5-7,16,19-21H,3-4,8-15,17H2,1-2H3,(H,37,38,39)/t20-/m1/s1. The van der Waals surface area contributed by atoms with Gasteiger partial charge in [0, 0.05) is 30.6 Å². The average Bonchev–Trinajstić information content (AvgIpc) is 3.81. The van der Waals surface area contributed by atoms with Gasteiger partial charge in [0.2, 0.25) is 5.91 Å². The maximum Gasteiger partial charge on any atom is 0.278 e. The summed E-state index contributed by atoms with van der Waals surface area (Å²) in [6.45, 7) is 3.57. The molecule has 1 saturated carbocycles. The molecular weight excluding hydrogens is 571 g/mol. The molecule has 0 unspecified atom stereocenters. The summed E-state index contributed by atoms with van der Waals surface area (Å²) in [5.74, 6) is -5.31. The van der Waals surface area contributed by atoms with E-state index in [4.69, 9.17) is 0 Å². The SMILES string of the molecule is C[C@H]1Nc2ncnc3c2cc(C2(C#N)CC2)c(=O)n3CC(=O)N(C)CCCCN2CCC(CC2)C(F)(F)c2cccc1c2F. The number of halogens is 3. The summed E-state index contributed by atoms with van der Waals surface area (Å²) in [4.78, 5) is 39.5. The van der Waals surface area contributed by atoms with E-state index in [-0.39, 0.29) is 47.9 Å². The van der Waals surface area contributed by atoms with E-state index in [9.17, 15) is 14.9 Å². The Morgan fingerprint density at radius 1 is 1.05 bits per heavy atom. The number of pyridine rings is 1. The summed E-state index contributed by atoms with van der Waals surface area (Å²) in [5.41, 5.74) is -1.53. The minimum atomic E-state index is -3.34. The van der Waals surface area contributed by atoms with Crippen molar-refractivity contribution in [2.45, 2.75) is 69.4 Å². The van der Waals surface area contributed by atoms with Crippen molar-refractivity contribution in [2.75, 3.05) is 38.5 Å². The van der Waals surface area contributed by atoms with Crippen LogP contribution in [0.2, 0.25) is 0 Å². The summed E-state index contributed by atoms with van der Waals surface area (Å²) in [7, 11) is 1.69. The number of carbonyl (C=O) groups is 1. The van der Waals surface area contributed by atoms with Crippen molar-refractivity contribution in [3.8, 4) is 6.07 Å². The predicted molar refractivity (Wildman–Crippen MR) is 159 cm³/mol. The van der Waals surface area contributed by atoms with Crippen molar-refractivity contribution in [3.05, 3.63) is 63.5 Å². The highest BCUT2D eigenvalue weighted by Gasteiger charge is 2.48. The third-order valence-corrected chi connectivity index (χ3v) is 9.61. The summed E-state index contributed by atoms with van der Waals surface area (Å²) in [5, 5.41) is 13.5. The van der Waals surface area contributed by atoms with Crippen LogP contribution in [0.25, 0.3) is 11.0 Å². The molecule has 44 heavy (non-hydrogen) atoms. The van der Waals surface area contributed by atoms with E-state index >= 15 is 13.2 Å². The highest BCUT2D eigenvalue weighted by molar-refractivity contribution is 5.89. The van der Waals surface area contributed by atoms with Crippen LogP contribution in [0.1, 0.15) is 68.2 Å². The van der Waals surface area contributed by atoms with Gasteiger partial charge in [-0.25, -0.2) is 23.1 Å². The Balaban J connectivity index is 1.46. The Kier molecular flexibility index (Phi) is 7.86. The molecule has 1 amide bonds. The van der Waals surface area contributed by atoms with Gasteiger partial charge in [-0.3, -0.25) is 14.2 Å². The second-order valence-electron chi connectivity index (χ2n) is 12.4. The smallest absolute Gasteiger partial charge is 0.278 e.